The zero-order chi connectivity index (χ0) is 14.5. The van der Waals surface area contributed by atoms with Crippen LogP contribution in [-0.4, -0.2) is 19.1 Å². The summed E-state index contributed by atoms with van der Waals surface area (Å²) < 4.78 is 1.17. The Bertz CT molecular complexity index is 429. The summed E-state index contributed by atoms with van der Waals surface area (Å²) in [5.74, 6) is 0.734. The van der Waals surface area contributed by atoms with E-state index in [0.717, 1.165) is 31.6 Å². The molecule has 0 aliphatic heterocycles. The van der Waals surface area contributed by atoms with Crippen LogP contribution in [0.2, 0.25) is 0 Å². The fourth-order valence-corrected chi connectivity index (χ4v) is 2.77. The first-order chi connectivity index (χ1) is 9.63. The Morgan fingerprint density at radius 2 is 2.10 bits per heavy atom. The highest BCUT2D eigenvalue weighted by Crippen LogP contribution is 2.27. The number of rotatable bonds is 8. The maximum atomic E-state index is 3.64. The van der Waals surface area contributed by atoms with Gasteiger partial charge in [-0.15, -0.1) is 0 Å². The summed E-state index contributed by atoms with van der Waals surface area (Å²) in [7, 11) is 0. The molecule has 0 spiro atoms. The third-order valence-electron chi connectivity index (χ3n) is 4.16. The van der Waals surface area contributed by atoms with E-state index >= 15 is 0 Å². The smallest absolute Gasteiger partial charge is 0.0423 e. The average molecular weight is 339 g/mol. The van der Waals surface area contributed by atoms with Crippen LogP contribution < -0.4 is 10.2 Å². The number of benzene rings is 1. The molecular weight excluding hydrogens is 312 g/mol. The molecule has 1 N–H and O–H groups in total. The van der Waals surface area contributed by atoms with E-state index in [4.69, 9.17) is 0 Å². The number of nitrogens with one attached hydrogen (secondary N) is 1. The fraction of sp³-hybridized carbons (Fsp3) is 0.647. The third-order valence-corrected chi connectivity index (χ3v) is 4.65. The van der Waals surface area contributed by atoms with Crippen molar-refractivity contribution in [3.63, 3.8) is 0 Å². The van der Waals surface area contributed by atoms with Crippen LogP contribution in [0.5, 0.6) is 0 Å². The van der Waals surface area contributed by atoms with Gasteiger partial charge in [0.05, 0.1) is 0 Å². The molecule has 1 saturated carbocycles. The topological polar surface area (TPSA) is 15.3 Å². The maximum absolute atomic E-state index is 3.64. The number of anilines is 1. The molecule has 0 aromatic heterocycles. The zero-order valence-corrected chi connectivity index (χ0v) is 14.5. The number of hydrogen-bond donors (Lipinski definition) is 1. The quantitative estimate of drug-likeness (QED) is 0.746. The molecule has 0 bridgehead atoms. The Kier molecular flexibility index (Phi) is 5.91. The van der Waals surface area contributed by atoms with E-state index in [1.165, 1.54) is 35.0 Å². The predicted molar refractivity (Wildman–Crippen MR) is 91.3 cm³/mol. The molecule has 1 unspecified atom stereocenters. The van der Waals surface area contributed by atoms with Crippen LogP contribution in [0.25, 0.3) is 0 Å². The van der Waals surface area contributed by atoms with E-state index in [1.807, 2.05) is 0 Å². The standard InChI is InChI=1S/C17H27BrN2/c1-4-13(3)12-20(5-2)17-10-15(18)7-6-14(17)11-19-16-8-9-16/h6-7,10,13,16,19H,4-5,8-9,11-12H2,1-3H3. The van der Waals surface area contributed by atoms with Gasteiger partial charge in [0, 0.05) is 35.8 Å². The second kappa shape index (κ2) is 7.46. The van der Waals surface area contributed by atoms with Crippen molar-refractivity contribution in [2.45, 2.75) is 52.6 Å². The molecule has 3 heteroatoms. The molecule has 2 rings (SSSR count). The second-order valence-corrected chi connectivity index (χ2v) is 6.90. The fourth-order valence-electron chi connectivity index (χ4n) is 2.43. The summed E-state index contributed by atoms with van der Waals surface area (Å²) in [6.45, 7) is 10.1. The summed E-state index contributed by atoms with van der Waals surface area (Å²) in [4.78, 5) is 2.52. The van der Waals surface area contributed by atoms with E-state index in [-0.39, 0.29) is 0 Å². The van der Waals surface area contributed by atoms with Gasteiger partial charge < -0.3 is 10.2 Å². The van der Waals surface area contributed by atoms with Crippen molar-refractivity contribution in [1.29, 1.82) is 0 Å². The minimum atomic E-state index is 0.734. The highest BCUT2D eigenvalue weighted by molar-refractivity contribution is 9.10. The maximum Gasteiger partial charge on any atom is 0.0423 e. The Morgan fingerprint density at radius 1 is 1.35 bits per heavy atom. The monoisotopic (exact) mass is 338 g/mol. The largest absolute Gasteiger partial charge is 0.371 e. The van der Waals surface area contributed by atoms with Crippen LogP contribution in [0.1, 0.15) is 45.6 Å². The van der Waals surface area contributed by atoms with E-state index in [1.54, 1.807) is 0 Å². The van der Waals surface area contributed by atoms with Gasteiger partial charge in [-0.25, -0.2) is 0 Å². The molecule has 112 valence electrons. The highest BCUT2D eigenvalue weighted by atomic mass is 79.9. The average Bonchev–Trinajstić information content (AvgIpc) is 3.27. The van der Waals surface area contributed by atoms with Crippen LogP contribution in [0.3, 0.4) is 0 Å². The summed E-state index contributed by atoms with van der Waals surface area (Å²) in [6.07, 6.45) is 3.92. The molecule has 0 saturated heterocycles. The Balaban J connectivity index is 2.14. The van der Waals surface area contributed by atoms with Gasteiger partial charge in [-0.05, 0) is 43.4 Å². The van der Waals surface area contributed by atoms with Gasteiger partial charge >= 0.3 is 0 Å². The molecule has 1 aliphatic rings. The zero-order valence-electron chi connectivity index (χ0n) is 13.0. The van der Waals surface area contributed by atoms with Crippen LogP contribution in [0, 0.1) is 5.92 Å². The van der Waals surface area contributed by atoms with Crippen LogP contribution in [0.4, 0.5) is 5.69 Å². The van der Waals surface area contributed by atoms with Gasteiger partial charge in [0.15, 0.2) is 0 Å². The van der Waals surface area contributed by atoms with Gasteiger partial charge in [-0.1, -0.05) is 42.3 Å². The molecule has 0 amide bonds. The third kappa shape index (κ3) is 4.49. The number of halogens is 1. The van der Waals surface area contributed by atoms with Gasteiger partial charge in [0.2, 0.25) is 0 Å². The Hall–Kier alpha value is -0.540. The summed E-state index contributed by atoms with van der Waals surface area (Å²) in [5, 5.41) is 3.64. The van der Waals surface area contributed by atoms with E-state index in [0.29, 0.717) is 0 Å². The molecule has 1 atom stereocenters. The SMILES string of the molecule is CCC(C)CN(CC)c1cc(Br)ccc1CNC1CC1. The summed E-state index contributed by atoms with van der Waals surface area (Å²) in [6, 6.07) is 7.45. The summed E-state index contributed by atoms with van der Waals surface area (Å²) >= 11 is 3.62. The lowest BCUT2D eigenvalue weighted by Gasteiger charge is -2.28. The van der Waals surface area contributed by atoms with Gasteiger partial charge in [-0.3, -0.25) is 0 Å². The van der Waals surface area contributed by atoms with E-state index in [2.05, 4.69) is 65.1 Å². The van der Waals surface area contributed by atoms with Crippen LogP contribution in [0.15, 0.2) is 22.7 Å². The Labute approximate surface area is 132 Å². The lowest BCUT2D eigenvalue weighted by Crippen LogP contribution is -2.30. The molecule has 1 aliphatic carbocycles. The molecule has 0 heterocycles. The van der Waals surface area contributed by atoms with Gasteiger partial charge in [0.1, 0.15) is 0 Å². The second-order valence-electron chi connectivity index (χ2n) is 5.98. The van der Waals surface area contributed by atoms with Crippen molar-refractivity contribution < 1.29 is 0 Å². The first-order valence-electron chi connectivity index (χ1n) is 7.90. The van der Waals surface area contributed by atoms with Gasteiger partial charge in [-0.2, -0.15) is 0 Å². The molecule has 0 radical (unpaired) electrons. The molecular formula is C17H27BrN2. The molecule has 2 nitrogen and oxygen atoms in total. The van der Waals surface area contributed by atoms with Gasteiger partial charge in [0.25, 0.3) is 0 Å². The molecule has 1 fully saturated rings. The van der Waals surface area contributed by atoms with Crippen LogP contribution in [-0.2, 0) is 6.54 Å². The van der Waals surface area contributed by atoms with Crippen molar-refractivity contribution in [3.05, 3.63) is 28.2 Å². The molecule has 20 heavy (non-hydrogen) atoms. The lowest BCUT2D eigenvalue weighted by atomic mass is 10.1. The molecule has 1 aromatic carbocycles. The Morgan fingerprint density at radius 3 is 2.70 bits per heavy atom. The van der Waals surface area contributed by atoms with Crippen molar-refractivity contribution in [3.8, 4) is 0 Å². The first-order valence-corrected chi connectivity index (χ1v) is 8.70. The first kappa shape index (κ1) is 15.8. The minimum Gasteiger partial charge on any atom is -0.371 e. The highest BCUT2D eigenvalue weighted by Gasteiger charge is 2.21. The van der Waals surface area contributed by atoms with Crippen molar-refractivity contribution >= 4 is 21.6 Å². The van der Waals surface area contributed by atoms with Crippen molar-refractivity contribution in [2.75, 3.05) is 18.0 Å². The predicted octanol–water partition coefficient (Wildman–Crippen LogP) is 4.57. The minimum absolute atomic E-state index is 0.734. The van der Waals surface area contributed by atoms with Crippen LogP contribution >= 0.6 is 15.9 Å². The van der Waals surface area contributed by atoms with Crippen molar-refractivity contribution in [2.24, 2.45) is 5.92 Å². The molecule has 1 aromatic rings. The normalized spacial score (nSPS) is 16.2. The van der Waals surface area contributed by atoms with E-state index < -0.39 is 0 Å². The van der Waals surface area contributed by atoms with Crippen molar-refractivity contribution in [1.82, 2.24) is 5.32 Å². The lowest BCUT2D eigenvalue weighted by molar-refractivity contribution is 0.546. The summed E-state index contributed by atoms with van der Waals surface area (Å²) in [5.41, 5.74) is 2.81. The number of hydrogen-bond acceptors (Lipinski definition) is 2. The number of nitrogens with zero attached hydrogens (tertiary/aromatic N) is 1. The van der Waals surface area contributed by atoms with E-state index in [9.17, 15) is 0 Å².